The number of H-pyrrole nitrogens is 2. The number of aromatic amines is 2. The molecule has 3 aromatic rings. The zero-order valence-corrected chi connectivity index (χ0v) is 20.7. The fourth-order valence-corrected chi connectivity index (χ4v) is 5.07. The van der Waals surface area contributed by atoms with Gasteiger partial charge in [-0.2, -0.15) is 12.6 Å². The normalized spacial score (nSPS) is 14.2. The molecular formula is C29H23N4S2+. The molecule has 1 aliphatic carbocycles. The summed E-state index contributed by atoms with van der Waals surface area (Å²) in [4.78, 5) is 16.6. The van der Waals surface area contributed by atoms with Crippen LogP contribution in [-0.2, 0) is 11.4 Å². The summed E-state index contributed by atoms with van der Waals surface area (Å²) >= 11 is 5.97. The van der Waals surface area contributed by atoms with E-state index in [9.17, 15) is 0 Å². The number of aromatic nitrogens is 4. The molecule has 3 aromatic heterocycles. The van der Waals surface area contributed by atoms with Gasteiger partial charge in [-0.1, -0.05) is 12.2 Å². The smallest absolute Gasteiger partial charge is 0.235 e. The average Bonchev–Trinajstić information content (AvgIpc) is 3.65. The molecule has 2 N–H and O–H groups in total. The molecular weight excluding hydrogens is 468 g/mol. The van der Waals surface area contributed by atoms with Crippen LogP contribution < -0.4 is 0 Å². The predicted molar refractivity (Wildman–Crippen MR) is 155 cm³/mol. The van der Waals surface area contributed by atoms with Crippen molar-refractivity contribution in [1.82, 2.24) is 19.9 Å². The SMILES string of the molecule is SCC[S+]=C=C1C=CC(c2cc3cc4ccc(cc5nc(cc6nc(cc2[nH]3)C=C6)C=C5)[nH]4)=CC1. The van der Waals surface area contributed by atoms with Crippen LogP contribution in [0.15, 0.2) is 66.3 Å². The van der Waals surface area contributed by atoms with E-state index in [-0.39, 0.29) is 0 Å². The van der Waals surface area contributed by atoms with Crippen LogP contribution in [0.2, 0.25) is 0 Å². The summed E-state index contributed by atoms with van der Waals surface area (Å²) in [5.74, 6) is 1.83. The van der Waals surface area contributed by atoms with E-state index < -0.39 is 0 Å². The van der Waals surface area contributed by atoms with Crippen LogP contribution in [0.25, 0.3) is 51.9 Å². The molecule has 6 rings (SSSR count). The lowest BCUT2D eigenvalue weighted by atomic mass is 9.98. The van der Waals surface area contributed by atoms with Crippen molar-refractivity contribution in [3.63, 3.8) is 0 Å². The summed E-state index contributed by atoms with van der Waals surface area (Å²) < 4.78 is 0. The van der Waals surface area contributed by atoms with Crippen molar-refractivity contribution in [2.75, 3.05) is 11.5 Å². The van der Waals surface area contributed by atoms with E-state index in [0.29, 0.717) is 0 Å². The number of thiol groups is 1. The van der Waals surface area contributed by atoms with Crippen LogP contribution in [-0.4, -0.2) is 36.5 Å². The Balaban J connectivity index is 1.52. The first kappa shape index (κ1) is 21.8. The predicted octanol–water partition coefficient (Wildman–Crippen LogP) is 6.34. The Morgan fingerprint density at radius 1 is 0.771 bits per heavy atom. The zero-order valence-electron chi connectivity index (χ0n) is 19.0. The maximum Gasteiger partial charge on any atom is 0.235 e. The number of rotatable bonds is 3. The van der Waals surface area contributed by atoms with Crippen LogP contribution in [0.3, 0.4) is 0 Å². The largest absolute Gasteiger partial charge is 0.355 e. The Kier molecular flexibility index (Phi) is 5.93. The molecule has 2 aliphatic heterocycles. The molecule has 5 heterocycles. The highest BCUT2D eigenvalue weighted by Crippen LogP contribution is 2.28. The molecule has 0 unspecified atom stereocenters. The van der Waals surface area contributed by atoms with Crippen molar-refractivity contribution < 1.29 is 0 Å². The van der Waals surface area contributed by atoms with E-state index in [0.717, 1.165) is 68.3 Å². The van der Waals surface area contributed by atoms with Gasteiger partial charge in [-0.05, 0) is 78.4 Å². The second-order valence-corrected chi connectivity index (χ2v) is 9.83. The molecule has 0 fully saturated rings. The Bertz CT molecular complexity index is 1670. The lowest BCUT2D eigenvalue weighted by Gasteiger charge is -2.05. The van der Waals surface area contributed by atoms with E-state index >= 15 is 0 Å². The van der Waals surface area contributed by atoms with Gasteiger partial charge in [-0.25, -0.2) is 9.97 Å². The first-order chi connectivity index (χ1) is 17.2. The summed E-state index contributed by atoms with van der Waals surface area (Å²) in [6.07, 6.45) is 15.6. The molecule has 6 heteroatoms. The quantitative estimate of drug-likeness (QED) is 0.157. The number of hydrogen-bond donors (Lipinski definition) is 3. The minimum Gasteiger partial charge on any atom is -0.355 e. The summed E-state index contributed by atoms with van der Waals surface area (Å²) in [6, 6.07) is 14.7. The second kappa shape index (κ2) is 9.51. The summed E-state index contributed by atoms with van der Waals surface area (Å²) in [7, 11) is 0. The maximum absolute atomic E-state index is 4.80. The van der Waals surface area contributed by atoms with Gasteiger partial charge in [0.1, 0.15) is 0 Å². The van der Waals surface area contributed by atoms with E-state index in [1.165, 1.54) is 11.1 Å². The summed E-state index contributed by atoms with van der Waals surface area (Å²) in [5.41, 5.74) is 11.3. The highest BCUT2D eigenvalue weighted by Gasteiger charge is 2.11. The number of nitrogens with one attached hydrogen (secondary N) is 2. The minimum atomic E-state index is 0.859. The number of fused-ring (bicyclic) bond motifs is 8. The lowest BCUT2D eigenvalue weighted by molar-refractivity contribution is 1.27. The summed E-state index contributed by atoms with van der Waals surface area (Å²) in [6.45, 7) is 0. The fraction of sp³-hybridized carbons (Fsp3) is 0.103. The first-order valence-corrected chi connectivity index (χ1v) is 13.2. The van der Waals surface area contributed by atoms with Crippen molar-refractivity contribution in [2.45, 2.75) is 6.42 Å². The molecule has 0 aromatic carbocycles. The maximum atomic E-state index is 4.80. The van der Waals surface area contributed by atoms with Gasteiger partial charge in [-0.3, -0.25) is 0 Å². The van der Waals surface area contributed by atoms with Crippen molar-refractivity contribution in [2.24, 2.45) is 0 Å². The second-order valence-electron chi connectivity index (χ2n) is 8.48. The van der Waals surface area contributed by atoms with Crippen LogP contribution in [0.4, 0.5) is 0 Å². The van der Waals surface area contributed by atoms with Gasteiger partial charge in [0.25, 0.3) is 0 Å². The Morgan fingerprint density at radius 2 is 1.49 bits per heavy atom. The highest BCUT2D eigenvalue weighted by atomic mass is 32.1. The molecule has 0 spiro atoms. The Hall–Kier alpha value is -3.70. The Labute approximate surface area is 212 Å². The van der Waals surface area contributed by atoms with E-state index in [1.54, 1.807) is 11.4 Å². The average molecular weight is 492 g/mol. The van der Waals surface area contributed by atoms with E-state index in [2.05, 4.69) is 82.2 Å². The molecule has 4 nitrogen and oxygen atoms in total. The number of hydrogen-bond acceptors (Lipinski definition) is 3. The molecule has 0 saturated carbocycles. The van der Waals surface area contributed by atoms with E-state index in [1.807, 2.05) is 30.4 Å². The van der Waals surface area contributed by atoms with Crippen molar-refractivity contribution >= 4 is 80.9 Å². The van der Waals surface area contributed by atoms with Crippen LogP contribution in [0, 0.1) is 0 Å². The van der Waals surface area contributed by atoms with Crippen molar-refractivity contribution in [3.05, 3.63) is 94.6 Å². The topological polar surface area (TPSA) is 57.4 Å². The van der Waals surface area contributed by atoms with E-state index in [4.69, 9.17) is 9.97 Å². The van der Waals surface area contributed by atoms with Gasteiger partial charge in [0, 0.05) is 39.8 Å². The third kappa shape index (κ3) is 4.91. The molecule has 8 bridgehead atoms. The zero-order chi connectivity index (χ0) is 23.6. The lowest BCUT2D eigenvalue weighted by Crippen LogP contribution is -1.90. The molecule has 170 valence electrons. The third-order valence-corrected chi connectivity index (χ3v) is 7.22. The van der Waals surface area contributed by atoms with Gasteiger partial charge in [0.15, 0.2) is 10.8 Å². The standard InChI is InChI=1S/C29H22N4S2/c34-11-12-35-18-19-1-3-20(4-2-19)28-16-27-15-25-8-7-23(31-25)13-21-5-6-22(30-21)14-24-9-10-26(32-24)17-29(28)33-27/h1,3-10,13-17,31,33H,2,11-12H2/p+1. The van der Waals surface area contributed by atoms with Gasteiger partial charge < -0.3 is 9.97 Å². The number of allylic oxidation sites excluding steroid dienone is 5. The molecule has 0 amide bonds. The van der Waals surface area contributed by atoms with Gasteiger partial charge >= 0.3 is 0 Å². The third-order valence-electron chi connectivity index (χ3n) is 5.88. The van der Waals surface area contributed by atoms with Crippen molar-refractivity contribution in [3.8, 4) is 0 Å². The highest BCUT2D eigenvalue weighted by molar-refractivity contribution is 7.82. The molecule has 3 aliphatic rings. The van der Waals surface area contributed by atoms with Gasteiger partial charge in [0.05, 0.1) is 28.3 Å². The van der Waals surface area contributed by atoms with Gasteiger partial charge in [0.2, 0.25) is 11.4 Å². The van der Waals surface area contributed by atoms with Crippen LogP contribution >= 0.6 is 12.6 Å². The monoisotopic (exact) mass is 491 g/mol. The molecule has 0 radical (unpaired) electrons. The van der Waals surface area contributed by atoms with Gasteiger partial charge in [-0.15, -0.1) is 0 Å². The summed E-state index contributed by atoms with van der Waals surface area (Å²) in [5, 5.41) is 3.42. The molecule has 35 heavy (non-hydrogen) atoms. The van der Waals surface area contributed by atoms with Crippen LogP contribution in [0.5, 0.6) is 0 Å². The number of nitrogens with zero attached hydrogens (tertiary/aromatic N) is 2. The first-order valence-electron chi connectivity index (χ1n) is 11.5. The minimum absolute atomic E-state index is 0.859. The molecule has 0 saturated heterocycles. The Morgan fingerprint density at radius 3 is 2.20 bits per heavy atom. The fourth-order valence-electron chi connectivity index (χ4n) is 4.27. The molecule has 0 atom stereocenters. The van der Waals surface area contributed by atoms with Crippen molar-refractivity contribution in [1.29, 1.82) is 0 Å². The van der Waals surface area contributed by atoms with Crippen LogP contribution in [0.1, 0.15) is 34.8 Å².